The standard InChI is InChI=1S/C22H16N2O5/c1-13-6-7-14(2)20(10-13)23-21(25)18-9-8-17(12-19(18)22(23)26)29-16-5-3-4-15(11-16)24(27)28/h3-12H,1-2H3. The van der Waals surface area contributed by atoms with Gasteiger partial charge < -0.3 is 4.74 Å². The highest BCUT2D eigenvalue weighted by molar-refractivity contribution is 6.34. The highest BCUT2D eigenvalue weighted by atomic mass is 16.6. The predicted octanol–water partition coefficient (Wildman–Crippen LogP) is 4.80. The van der Waals surface area contributed by atoms with Crippen molar-refractivity contribution in [1.82, 2.24) is 0 Å². The number of carbonyl (C=O) groups excluding carboxylic acids is 2. The maximum Gasteiger partial charge on any atom is 0.273 e. The molecule has 0 aromatic heterocycles. The summed E-state index contributed by atoms with van der Waals surface area (Å²) in [6.07, 6.45) is 0. The van der Waals surface area contributed by atoms with Gasteiger partial charge in [0.1, 0.15) is 11.5 Å². The van der Waals surface area contributed by atoms with Gasteiger partial charge in [0.15, 0.2) is 0 Å². The SMILES string of the molecule is Cc1ccc(C)c(N2C(=O)c3ccc(Oc4cccc([N+](=O)[O-])c4)cc3C2=O)c1. The number of non-ortho nitro benzene ring substituents is 1. The molecule has 3 aromatic carbocycles. The number of aryl methyl sites for hydroxylation is 2. The number of hydrogen-bond donors (Lipinski definition) is 0. The van der Waals surface area contributed by atoms with E-state index in [0.29, 0.717) is 17.0 Å². The van der Waals surface area contributed by atoms with Gasteiger partial charge in [-0.05, 0) is 55.3 Å². The van der Waals surface area contributed by atoms with E-state index in [1.165, 1.54) is 35.2 Å². The first-order valence-corrected chi connectivity index (χ1v) is 8.87. The Morgan fingerprint density at radius 1 is 0.862 bits per heavy atom. The summed E-state index contributed by atoms with van der Waals surface area (Å²) >= 11 is 0. The zero-order valence-corrected chi connectivity index (χ0v) is 15.7. The summed E-state index contributed by atoms with van der Waals surface area (Å²) in [5, 5.41) is 10.9. The smallest absolute Gasteiger partial charge is 0.273 e. The van der Waals surface area contributed by atoms with E-state index in [1.54, 1.807) is 18.2 Å². The molecule has 0 unspecified atom stereocenters. The van der Waals surface area contributed by atoms with Crippen molar-refractivity contribution in [3.63, 3.8) is 0 Å². The number of nitro groups is 1. The van der Waals surface area contributed by atoms with Crippen LogP contribution in [0, 0.1) is 24.0 Å². The lowest BCUT2D eigenvalue weighted by Crippen LogP contribution is -2.30. The summed E-state index contributed by atoms with van der Waals surface area (Å²) in [7, 11) is 0. The fourth-order valence-corrected chi connectivity index (χ4v) is 3.26. The average Bonchev–Trinajstić information content (AvgIpc) is 2.94. The Hall–Kier alpha value is -4.00. The Kier molecular flexibility index (Phi) is 4.35. The van der Waals surface area contributed by atoms with Crippen LogP contribution in [0.25, 0.3) is 0 Å². The molecular formula is C22H16N2O5. The second-order valence-corrected chi connectivity index (χ2v) is 6.80. The number of nitro benzene ring substituents is 1. The number of fused-ring (bicyclic) bond motifs is 1. The number of ether oxygens (including phenoxy) is 1. The van der Waals surface area contributed by atoms with Gasteiger partial charge in [-0.1, -0.05) is 18.2 Å². The number of benzene rings is 3. The van der Waals surface area contributed by atoms with Crippen LogP contribution in [-0.2, 0) is 0 Å². The lowest BCUT2D eigenvalue weighted by molar-refractivity contribution is -0.384. The Morgan fingerprint density at radius 2 is 1.59 bits per heavy atom. The van der Waals surface area contributed by atoms with E-state index in [1.807, 2.05) is 26.0 Å². The third-order valence-corrected chi connectivity index (χ3v) is 4.73. The van der Waals surface area contributed by atoms with E-state index in [-0.39, 0.29) is 22.9 Å². The minimum atomic E-state index is -0.514. The first-order valence-electron chi connectivity index (χ1n) is 8.87. The Morgan fingerprint density at radius 3 is 2.34 bits per heavy atom. The predicted molar refractivity (Wildman–Crippen MR) is 107 cm³/mol. The molecule has 0 saturated carbocycles. The van der Waals surface area contributed by atoms with Crippen molar-refractivity contribution in [1.29, 1.82) is 0 Å². The third kappa shape index (κ3) is 3.23. The van der Waals surface area contributed by atoms with Crippen LogP contribution in [0.4, 0.5) is 11.4 Å². The van der Waals surface area contributed by atoms with E-state index in [0.717, 1.165) is 11.1 Å². The molecule has 1 aliphatic heterocycles. The largest absolute Gasteiger partial charge is 0.457 e. The fourth-order valence-electron chi connectivity index (χ4n) is 3.26. The van der Waals surface area contributed by atoms with Crippen LogP contribution in [0.15, 0.2) is 60.7 Å². The summed E-state index contributed by atoms with van der Waals surface area (Å²) in [6, 6.07) is 15.9. The van der Waals surface area contributed by atoms with Crippen molar-refractivity contribution in [3.05, 3.63) is 93.0 Å². The molecule has 2 amide bonds. The van der Waals surface area contributed by atoms with Gasteiger partial charge in [0, 0.05) is 6.07 Å². The topological polar surface area (TPSA) is 89.8 Å². The highest BCUT2D eigenvalue weighted by Crippen LogP contribution is 2.34. The summed E-state index contributed by atoms with van der Waals surface area (Å²) in [5.41, 5.74) is 2.74. The second-order valence-electron chi connectivity index (χ2n) is 6.80. The van der Waals surface area contributed by atoms with Crippen LogP contribution in [0.1, 0.15) is 31.8 Å². The quantitative estimate of drug-likeness (QED) is 0.364. The Bertz CT molecular complexity index is 1190. The normalized spacial score (nSPS) is 12.8. The molecule has 0 bridgehead atoms. The molecule has 0 aliphatic carbocycles. The maximum atomic E-state index is 13.0. The molecule has 1 heterocycles. The van der Waals surface area contributed by atoms with Gasteiger partial charge in [-0.2, -0.15) is 0 Å². The first kappa shape index (κ1) is 18.4. The van der Waals surface area contributed by atoms with Crippen molar-refractivity contribution in [2.75, 3.05) is 4.90 Å². The molecule has 0 fully saturated rings. The molecule has 29 heavy (non-hydrogen) atoms. The molecule has 0 atom stereocenters. The van der Waals surface area contributed by atoms with E-state index in [9.17, 15) is 19.7 Å². The van der Waals surface area contributed by atoms with E-state index in [2.05, 4.69) is 0 Å². The van der Waals surface area contributed by atoms with Crippen molar-refractivity contribution >= 4 is 23.2 Å². The van der Waals surface area contributed by atoms with Gasteiger partial charge >= 0.3 is 0 Å². The minimum absolute atomic E-state index is 0.101. The highest BCUT2D eigenvalue weighted by Gasteiger charge is 2.37. The summed E-state index contributed by atoms with van der Waals surface area (Å²) in [5.74, 6) is -0.237. The zero-order chi connectivity index (χ0) is 20.7. The summed E-state index contributed by atoms with van der Waals surface area (Å²) in [6.45, 7) is 3.74. The van der Waals surface area contributed by atoms with Crippen molar-refractivity contribution in [3.8, 4) is 11.5 Å². The van der Waals surface area contributed by atoms with Gasteiger partial charge in [-0.3, -0.25) is 19.7 Å². The minimum Gasteiger partial charge on any atom is -0.457 e. The molecule has 3 aromatic rings. The summed E-state index contributed by atoms with van der Waals surface area (Å²) in [4.78, 5) is 37.4. The van der Waals surface area contributed by atoms with Crippen molar-refractivity contribution in [2.24, 2.45) is 0 Å². The van der Waals surface area contributed by atoms with Crippen LogP contribution in [0.3, 0.4) is 0 Å². The number of imide groups is 1. The molecule has 4 rings (SSSR count). The lowest BCUT2D eigenvalue weighted by atomic mass is 10.1. The van der Waals surface area contributed by atoms with Gasteiger partial charge in [0.05, 0.1) is 27.8 Å². The van der Waals surface area contributed by atoms with Gasteiger partial charge in [0.2, 0.25) is 0 Å². The number of amides is 2. The molecule has 7 nitrogen and oxygen atoms in total. The van der Waals surface area contributed by atoms with Crippen molar-refractivity contribution in [2.45, 2.75) is 13.8 Å². The molecule has 0 spiro atoms. The number of rotatable bonds is 4. The van der Waals surface area contributed by atoms with Crippen LogP contribution in [0.2, 0.25) is 0 Å². The lowest BCUT2D eigenvalue weighted by Gasteiger charge is -2.17. The molecule has 144 valence electrons. The molecule has 0 N–H and O–H groups in total. The van der Waals surface area contributed by atoms with Crippen LogP contribution in [0.5, 0.6) is 11.5 Å². The molecule has 1 aliphatic rings. The van der Waals surface area contributed by atoms with E-state index >= 15 is 0 Å². The molecule has 0 saturated heterocycles. The number of anilines is 1. The fraction of sp³-hybridized carbons (Fsp3) is 0.0909. The molecule has 7 heteroatoms. The van der Waals surface area contributed by atoms with Gasteiger partial charge in [-0.15, -0.1) is 0 Å². The Balaban J connectivity index is 1.68. The van der Waals surface area contributed by atoms with Gasteiger partial charge in [-0.25, -0.2) is 4.90 Å². The van der Waals surface area contributed by atoms with E-state index < -0.39 is 10.8 Å². The van der Waals surface area contributed by atoms with E-state index in [4.69, 9.17) is 4.74 Å². The number of hydrogen-bond acceptors (Lipinski definition) is 5. The van der Waals surface area contributed by atoms with Crippen molar-refractivity contribution < 1.29 is 19.2 Å². The number of carbonyl (C=O) groups is 2. The number of nitrogens with zero attached hydrogens (tertiary/aromatic N) is 2. The molecule has 0 radical (unpaired) electrons. The van der Waals surface area contributed by atoms with Crippen LogP contribution < -0.4 is 9.64 Å². The molecular weight excluding hydrogens is 372 g/mol. The summed E-state index contributed by atoms with van der Waals surface area (Å²) < 4.78 is 5.68. The first-order chi connectivity index (χ1) is 13.8. The second kappa shape index (κ2) is 6.87. The Labute approximate surface area is 166 Å². The van der Waals surface area contributed by atoms with Crippen LogP contribution in [-0.4, -0.2) is 16.7 Å². The van der Waals surface area contributed by atoms with Gasteiger partial charge in [0.25, 0.3) is 17.5 Å². The van der Waals surface area contributed by atoms with Crippen LogP contribution >= 0.6 is 0 Å². The zero-order valence-electron chi connectivity index (χ0n) is 15.7. The third-order valence-electron chi connectivity index (χ3n) is 4.73. The maximum absolute atomic E-state index is 13.0. The monoisotopic (exact) mass is 388 g/mol. The average molecular weight is 388 g/mol.